The highest BCUT2D eigenvalue weighted by atomic mass is 35.5. The van der Waals surface area contributed by atoms with Crippen LogP contribution in [0, 0.1) is 11.3 Å². The maximum absolute atomic E-state index is 12.1. The SMILES string of the molecule is C[C@@H]1CCCCN1C(=O)COc1ccc(C#N)cc1Cl. The van der Waals surface area contributed by atoms with E-state index in [1.807, 2.05) is 11.0 Å². The number of amides is 1. The fourth-order valence-electron chi connectivity index (χ4n) is 2.38. The predicted octanol–water partition coefficient (Wildman–Crippen LogP) is 2.99. The van der Waals surface area contributed by atoms with Gasteiger partial charge >= 0.3 is 0 Å². The number of carbonyl (C=O) groups excluding carboxylic acids is 1. The fraction of sp³-hybridized carbons (Fsp3) is 0.467. The molecular formula is C15H17ClN2O2. The topological polar surface area (TPSA) is 53.3 Å². The summed E-state index contributed by atoms with van der Waals surface area (Å²) < 4.78 is 5.47. The van der Waals surface area contributed by atoms with Crippen LogP contribution >= 0.6 is 11.6 Å². The lowest BCUT2D eigenvalue weighted by atomic mass is 10.0. The average molecular weight is 293 g/mol. The van der Waals surface area contributed by atoms with Gasteiger partial charge in [-0.3, -0.25) is 4.79 Å². The number of nitriles is 1. The fourth-order valence-corrected chi connectivity index (χ4v) is 2.61. The number of rotatable bonds is 3. The summed E-state index contributed by atoms with van der Waals surface area (Å²) in [4.78, 5) is 14.0. The number of ether oxygens (including phenoxy) is 1. The van der Waals surface area contributed by atoms with Crippen molar-refractivity contribution in [3.63, 3.8) is 0 Å². The molecule has 0 aromatic heterocycles. The van der Waals surface area contributed by atoms with Crippen molar-refractivity contribution in [1.82, 2.24) is 4.90 Å². The van der Waals surface area contributed by atoms with Gasteiger partial charge in [-0.15, -0.1) is 0 Å². The van der Waals surface area contributed by atoms with E-state index in [0.29, 0.717) is 16.3 Å². The first kappa shape index (κ1) is 14.7. The lowest BCUT2D eigenvalue weighted by molar-refractivity contribution is -0.136. The average Bonchev–Trinajstić information content (AvgIpc) is 2.46. The van der Waals surface area contributed by atoms with E-state index in [2.05, 4.69) is 6.92 Å². The Morgan fingerprint density at radius 3 is 3.00 bits per heavy atom. The minimum absolute atomic E-state index is 0.0161. The Balaban J connectivity index is 1.95. The number of carbonyl (C=O) groups is 1. The maximum Gasteiger partial charge on any atom is 0.260 e. The summed E-state index contributed by atoms with van der Waals surface area (Å²) in [6.07, 6.45) is 3.27. The van der Waals surface area contributed by atoms with Crippen LogP contribution in [0.4, 0.5) is 0 Å². The molecule has 1 fully saturated rings. The highest BCUT2D eigenvalue weighted by Gasteiger charge is 2.23. The molecule has 1 atom stereocenters. The van der Waals surface area contributed by atoms with Gasteiger partial charge in [-0.05, 0) is 44.4 Å². The molecule has 0 unspecified atom stereocenters. The van der Waals surface area contributed by atoms with E-state index in [0.717, 1.165) is 19.4 Å². The number of nitrogens with zero attached hydrogens (tertiary/aromatic N) is 2. The van der Waals surface area contributed by atoms with Gasteiger partial charge in [-0.2, -0.15) is 5.26 Å². The van der Waals surface area contributed by atoms with Crippen LogP contribution in [0.5, 0.6) is 5.75 Å². The third kappa shape index (κ3) is 3.43. The second-order valence-corrected chi connectivity index (χ2v) is 5.38. The first-order chi connectivity index (χ1) is 9.61. The van der Waals surface area contributed by atoms with Crippen molar-refractivity contribution < 1.29 is 9.53 Å². The summed E-state index contributed by atoms with van der Waals surface area (Å²) in [6.45, 7) is 2.84. The minimum Gasteiger partial charge on any atom is -0.482 e. The van der Waals surface area contributed by atoms with Crippen molar-refractivity contribution in [3.8, 4) is 11.8 Å². The molecule has 0 aliphatic carbocycles. The Bertz CT molecular complexity index is 539. The lowest BCUT2D eigenvalue weighted by Crippen LogP contribution is -2.44. The van der Waals surface area contributed by atoms with Crippen LogP contribution in [0.3, 0.4) is 0 Å². The molecule has 0 saturated carbocycles. The Hall–Kier alpha value is -1.73. The molecule has 0 bridgehead atoms. The molecule has 1 saturated heterocycles. The van der Waals surface area contributed by atoms with E-state index >= 15 is 0 Å². The monoisotopic (exact) mass is 292 g/mol. The Labute approximate surface area is 123 Å². The summed E-state index contributed by atoms with van der Waals surface area (Å²) in [6, 6.07) is 7.05. The van der Waals surface area contributed by atoms with Crippen LogP contribution < -0.4 is 4.74 Å². The highest BCUT2D eigenvalue weighted by molar-refractivity contribution is 6.32. The summed E-state index contributed by atoms with van der Waals surface area (Å²) in [5.41, 5.74) is 0.471. The van der Waals surface area contributed by atoms with E-state index in [1.54, 1.807) is 12.1 Å². The first-order valence-corrected chi connectivity index (χ1v) is 7.11. The zero-order chi connectivity index (χ0) is 14.5. The molecule has 1 heterocycles. The van der Waals surface area contributed by atoms with Gasteiger partial charge in [0, 0.05) is 12.6 Å². The van der Waals surface area contributed by atoms with Crippen LogP contribution in [0.2, 0.25) is 5.02 Å². The number of benzene rings is 1. The van der Waals surface area contributed by atoms with Gasteiger partial charge in [0.25, 0.3) is 5.91 Å². The lowest BCUT2D eigenvalue weighted by Gasteiger charge is -2.33. The van der Waals surface area contributed by atoms with Crippen molar-refractivity contribution in [2.24, 2.45) is 0 Å². The smallest absolute Gasteiger partial charge is 0.260 e. The number of halogens is 1. The molecule has 5 heteroatoms. The van der Waals surface area contributed by atoms with Crippen LogP contribution in [0.25, 0.3) is 0 Å². The zero-order valence-corrected chi connectivity index (χ0v) is 12.2. The van der Waals surface area contributed by atoms with Crippen molar-refractivity contribution >= 4 is 17.5 Å². The number of hydrogen-bond acceptors (Lipinski definition) is 3. The number of piperidine rings is 1. The molecular weight excluding hydrogens is 276 g/mol. The third-order valence-corrected chi connectivity index (χ3v) is 3.83. The van der Waals surface area contributed by atoms with Crippen LogP contribution in [0.15, 0.2) is 18.2 Å². The van der Waals surface area contributed by atoms with Gasteiger partial charge < -0.3 is 9.64 Å². The summed E-state index contributed by atoms with van der Waals surface area (Å²) >= 11 is 6.01. The second-order valence-electron chi connectivity index (χ2n) is 4.98. The molecule has 106 valence electrons. The highest BCUT2D eigenvalue weighted by Crippen LogP contribution is 2.25. The normalized spacial score (nSPS) is 18.4. The quantitative estimate of drug-likeness (QED) is 0.860. The molecule has 0 N–H and O–H groups in total. The van der Waals surface area contributed by atoms with Crippen molar-refractivity contribution in [3.05, 3.63) is 28.8 Å². The Morgan fingerprint density at radius 2 is 2.35 bits per heavy atom. The molecule has 1 aliphatic rings. The molecule has 0 spiro atoms. The molecule has 1 aromatic rings. The van der Waals surface area contributed by atoms with E-state index in [1.165, 1.54) is 12.5 Å². The van der Waals surface area contributed by atoms with Crippen LogP contribution in [-0.4, -0.2) is 30.0 Å². The zero-order valence-electron chi connectivity index (χ0n) is 11.4. The molecule has 4 nitrogen and oxygen atoms in total. The van der Waals surface area contributed by atoms with E-state index in [4.69, 9.17) is 21.6 Å². The van der Waals surface area contributed by atoms with Crippen LogP contribution in [-0.2, 0) is 4.79 Å². The Kier molecular flexibility index (Phi) is 4.86. The summed E-state index contributed by atoms with van der Waals surface area (Å²) in [7, 11) is 0. The second kappa shape index (κ2) is 6.62. The van der Waals surface area contributed by atoms with E-state index in [9.17, 15) is 4.79 Å². The first-order valence-electron chi connectivity index (χ1n) is 6.73. The molecule has 1 aliphatic heterocycles. The van der Waals surface area contributed by atoms with E-state index < -0.39 is 0 Å². The van der Waals surface area contributed by atoms with Gasteiger partial charge in [0.05, 0.1) is 16.7 Å². The maximum atomic E-state index is 12.1. The van der Waals surface area contributed by atoms with E-state index in [-0.39, 0.29) is 18.6 Å². The molecule has 2 rings (SSSR count). The molecule has 0 radical (unpaired) electrons. The van der Waals surface area contributed by atoms with Crippen molar-refractivity contribution in [2.75, 3.05) is 13.2 Å². The summed E-state index contributed by atoms with van der Waals surface area (Å²) in [5, 5.41) is 9.11. The van der Waals surface area contributed by atoms with Crippen LogP contribution in [0.1, 0.15) is 31.7 Å². The van der Waals surface area contributed by atoms with Gasteiger partial charge in [-0.1, -0.05) is 11.6 Å². The van der Waals surface area contributed by atoms with Gasteiger partial charge in [-0.25, -0.2) is 0 Å². The van der Waals surface area contributed by atoms with Crippen molar-refractivity contribution in [1.29, 1.82) is 5.26 Å². The standard InChI is InChI=1S/C15H17ClN2O2/c1-11-4-2-3-7-18(11)15(19)10-20-14-6-5-12(9-17)8-13(14)16/h5-6,8,11H,2-4,7,10H2,1H3/t11-/m1/s1. The number of likely N-dealkylation sites (tertiary alicyclic amines) is 1. The molecule has 1 aromatic carbocycles. The van der Waals surface area contributed by atoms with Gasteiger partial charge in [0.2, 0.25) is 0 Å². The largest absolute Gasteiger partial charge is 0.482 e. The Morgan fingerprint density at radius 1 is 1.55 bits per heavy atom. The molecule has 1 amide bonds. The van der Waals surface area contributed by atoms with Gasteiger partial charge in [0.1, 0.15) is 5.75 Å². The predicted molar refractivity (Wildman–Crippen MR) is 76.7 cm³/mol. The third-order valence-electron chi connectivity index (χ3n) is 3.54. The van der Waals surface area contributed by atoms with Gasteiger partial charge in [0.15, 0.2) is 6.61 Å². The summed E-state index contributed by atoms with van der Waals surface area (Å²) in [5.74, 6) is 0.418. The number of hydrogen-bond donors (Lipinski definition) is 0. The minimum atomic E-state index is -0.0179. The van der Waals surface area contributed by atoms with Crippen molar-refractivity contribution in [2.45, 2.75) is 32.2 Å². The molecule has 20 heavy (non-hydrogen) atoms.